The van der Waals surface area contributed by atoms with Crippen LogP contribution in [0.4, 0.5) is 11.5 Å². The Balaban J connectivity index is 1.67. The minimum atomic E-state index is -2.97. The first kappa shape index (κ1) is 18.1. The number of carbonyl (C=O) groups is 1. The Morgan fingerprint density at radius 3 is 2.69 bits per heavy atom. The van der Waals surface area contributed by atoms with Crippen molar-refractivity contribution in [2.24, 2.45) is 0 Å². The van der Waals surface area contributed by atoms with Gasteiger partial charge in [0, 0.05) is 6.04 Å². The maximum Gasteiger partial charge on any atom is 0.275 e. The molecule has 1 fully saturated rings. The van der Waals surface area contributed by atoms with Gasteiger partial charge in [0.2, 0.25) is 0 Å². The molecule has 9 heteroatoms. The Morgan fingerprint density at radius 1 is 1.27 bits per heavy atom. The predicted molar refractivity (Wildman–Crippen MR) is 98.4 cm³/mol. The Kier molecular flexibility index (Phi) is 5.08. The van der Waals surface area contributed by atoms with E-state index in [0.717, 1.165) is 5.56 Å². The van der Waals surface area contributed by atoms with Gasteiger partial charge in [-0.2, -0.15) is 0 Å². The SMILES string of the molecule is COc1ccc(C)cc1NC(=O)c1cnc(NC2CCS(=O)(=O)C2)cn1. The highest BCUT2D eigenvalue weighted by atomic mass is 32.2. The number of amides is 1. The van der Waals surface area contributed by atoms with Gasteiger partial charge in [0.15, 0.2) is 9.84 Å². The molecule has 3 rings (SSSR count). The lowest BCUT2D eigenvalue weighted by Crippen LogP contribution is -2.22. The van der Waals surface area contributed by atoms with Crippen LogP contribution in [0, 0.1) is 6.92 Å². The standard InChI is InChI=1S/C17H20N4O4S/c1-11-3-4-15(25-2)13(7-11)21-17(22)14-8-19-16(9-18-14)20-12-5-6-26(23,24)10-12/h3-4,7-9,12H,5-6,10H2,1-2H3,(H,19,20)(H,21,22). The zero-order valence-corrected chi connectivity index (χ0v) is 15.3. The molecule has 1 aromatic carbocycles. The summed E-state index contributed by atoms with van der Waals surface area (Å²) in [7, 11) is -1.44. The normalized spacial score (nSPS) is 18.3. The van der Waals surface area contributed by atoms with E-state index in [4.69, 9.17) is 4.74 Å². The number of carbonyl (C=O) groups excluding carboxylic acids is 1. The minimum Gasteiger partial charge on any atom is -0.495 e. The molecule has 0 radical (unpaired) electrons. The summed E-state index contributed by atoms with van der Waals surface area (Å²) in [6.45, 7) is 1.92. The summed E-state index contributed by atoms with van der Waals surface area (Å²) < 4.78 is 28.2. The molecule has 0 bridgehead atoms. The molecule has 0 spiro atoms. The van der Waals surface area contributed by atoms with Crippen LogP contribution in [0.5, 0.6) is 5.75 Å². The van der Waals surface area contributed by atoms with Gasteiger partial charge in [0.25, 0.3) is 5.91 Å². The predicted octanol–water partition coefficient (Wildman–Crippen LogP) is 1.64. The van der Waals surface area contributed by atoms with Crippen molar-refractivity contribution in [2.75, 3.05) is 29.2 Å². The summed E-state index contributed by atoms with van der Waals surface area (Å²) in [6, 6.07) is 5.29. The smallest absolute Gasteiger partial charge is 0.275 e. The molecule has 0 aliphatic carbocycles. The molecule has 1 amide bonds. The molecular weight excluding hydrogens is 356 g/mol. The van der Waals surface area contributed by atoms with Crippen molar-refractivity contribution in [3.63, 3.8) is 0 Å². The third kappa shape index (κ3) is 4.29. The number of nitrogens with one attached hydrogen (secondary N) is 2. The Bertz CT molecular complexity index is 913. The van der Waals surface area contributed by atoms with Crippen molar-refractivity contribution in [1.82, 2.24) is 9.97 Å². The van der Waals surface area contributed by atoms with E-state index in [2.05, 4.69) is 20.6 Å². The third-order valence-electron chi connectivity index (χ3n) is 4.07. The van der Waals surface area contributed by atoms with Gasteiger partial charge < -0.3 is 15.4 Å². The number of aryl methyl sites for hydroxylation is 1. The summed E-state index contributed by atoms with van der Waals surface area (Å²) in [5.74, 6) is 0.854. The fourth-order valence-corrected chi connectivity index (χ4v) is 4.42. The maximum absolute atomic E-state index is 12.4. The number of aromatic nitrogens is 2. The van der Waals surface area contributed by atoms with Crippen LogP contribution in [0.15, 0.2) is 30.6 Å². The fraction of sp³-hybridized carbons (Fsp3) is 0.353. The number of sulfone groups is 1. The number of hydrogen-bond donors (Lipinski definition) is 2. The number of rotatable bonds is 5. The zero-order valence-electron chi connectivity index (χ0n) is 14.5. The second-order valence-corrected chi connectivity index (χ2v) is 8.42. The average molecular weight is 376 g/mol. The van der Waals surface area contributed by atoms with Crippen molar-refractivity contribution in [3.8, 4) is 5.75 Å². The molecule has 1 aliphatic heterocycles. The van der Waals surface area contributed by atoms with Gasteiger partial charge in [-0.05, 0) is 31.0 Å². The first-order valence-corrected chi connectivity index (χ1v) is 9.93. The molecule has 2 heterocycles. The van der Waals surface area contributed by atoms with Gasteiger partial charge in [-0.25, -0.2) is 18.4 Å². The molecule has 138 valence electrons. The topological polar surface area (TPSA) is 110 Å². The van der Waals surface area contributed by atoms with E-state index in [1.165, 1.54) is 19.5 Å². The lowest BCUT2D eigenvalue weighted by Gasteiger charge is -2.12. The van der Waals surface area contributed by atoms with Gasteiger partial charge in [-0.3, -0.25) is 4.79 Å². The molecule has 2 aromatic rings. The number of nitrogens with zero attached hydrogens (tertiary/aromatic N) is 2. The largest absolute Gasteiger partial charge is 0.495 e. The Labute approximate surface area is 151 Å². The van der Waals surface area contributed by atoms with Gasteiger partial charge >= 0.3 is 0 Å². The van der Waals surface area contributed by atoms with Crippen molar-refractivity contribution in [2.45, 2.75) is 19.4 Å². The van der Waals surface area contributed by atoms with Crippen LogP contribution in [0.3, 0.4) is 0 Å². The fourth-order valence-electron chi connectivity index (χ4n) is 2.74. The van der Waals surface area contributed by atoms with Crippen LogP contribution in [0.1, 0.15) is 22.5 Å². The number of benzene rings is 1. The van der Waals surface area contributed by atoms with Crippen LogP contribution in [0.25, 0.3) is 0 Å². The van der Waals surface area contributed by atoms with Gasteiger partial charge in [0.1, 0.15) is 17.3 Å². The van der Waals surface area contributed by atoms with Crippen LogP contribution in [-0.2, 0) is 9.84 Å². The first-order chi connectivity index (χ1) is 12.4. The summed E-state index contributed by atoms with van der Waals surface area (Å²) in [5, 5.41) is 5.79. The van der Waals surface area contributed by atoms with E-state index in [9.17, 15) is 13.2 Å². The van der Waals surface area contributed by atoms with E-state index in [1.807, 2.05) is 13.0 Å². The van der Waals surface area contributed by atoms with E-state index in [1.54, 1.807) is 12.1 Å². The minimum absolute atomic E-state index is 0.0874. The Morgan fingerprint density at radius 2 is 2.08 bits per heavy atom. The lowest BCUT2D eigenvalue weighted by molar-refractivity contribution is 0.102. The van der Waals surface area contributed by atoms with E-state index < -0.39 is 15.7 Å². The molecule has 2 N–H and O–H groups in total. The van der Waals surface area contributed by atoms with Gasteiger partial charge in [-0.15, -0.1) is 0 Å². The quantitative estimate of drug-likeness (QED) is 0.816. The summed E-state index contributed by atoms with van der Waals surface area (Å²) >= 11 is 0. The monoisotopic (exact) mass is 376 g/mol. The average Bonchev–Trinajstić information content (AvgIpc) is 2.94. The molecule has 1 unspecified atom stereocenters. The molecule has 1 saturated heterocycles. The highest BCUT2D eigenvalue weighted by Crippen LogP contribution is 2.25. The van der Waals surface area contributed by atoms with E-state index in [0.29, 0.717) is 23.7 Å². The number of ether oxygens (including phenoxy) is 1. The number of hydrogen-bond acceptors (Lipinski definition) is 7. The second kappa shape index (κ2) is 7.28. The van der Waals surface area contributed by atoms with Crippen molar-refractivity contribution >= 4 is 27.2 Å². The van der Waals surface area contributed by atoms with Crippen LogP contribution in [0.2, 0.25) is 0 Å². The third-order valence-corrected chi connectivity index (χ3v) is 5.84. The first-order valence-electron chi connectivity index (χ1n) is 8.11. The van der Waals surface area contributed by atoms with Crippen molar-refractivity contribution < 1.29 is 17.9 Å². The lowest BCUT2D eigenvalue weighted by atomic mass is 10.2. The second-order valence-electron chi connectivity index (χ2n) is 6.19. The molecule has 0 saturated carbocycles. The summed E-state index contributed by atoms with van der Waals surface area (Å²) in [4.78, 5) is 20.6. The number of methoxy groups -OCH3 is 1. The van der Waals surface area contributed by atoms with E-state index in [-0.39, 0.29) is 23.2 Å². The number of anilines is 2. The molecular formula is C17H20N4O4S. The highest BCUT2D eigenvalue weighted by Gasteiger charge is 2.28. The van der Waals surface area contributed by atoms with Crippen LogP contribution >= 0.6 is 0 Å². The Hall–Kier alpha value is -2.68. The molecule has 1 aliphatic rings. The van der Waals surface area contributed by atoms with E-state index >= 15 is 0 Å². The molecule has 1 atom stereocenters. The summed E-state index contributed by atoms with van der Waals surface area (Å²) in [6.07, 6.45) is 3.32. The van der Waals surface area contributed by atoms with Crippen LogP contribution in [-0.4, -0.2) is 49.0 Å². The molecule has 1 aromatic heterocycles. The molecule has 26 heavy (non-hydrogen) atoms. The summed E-state index contributed by atoms with van der Waals surface area (Å²) in [5.41, 5.74) is 1.69. The maximum atomic E-state index is 12.4. The van der Waals surface area contributed by atoms with Crippen molar-refractivity contribution in [3.05, 3.63) is 41.9 Å². The van der Waals surface area contributed by atoms with Gasteiger partial charge in [-0.1, -0.05) is 6.07 Å². The van der Waals surface area contributed by atoms with Gasteiger partial charge in [0.05, 0.1) is 36.7 Å². The van der Waals surface area contributed by atoms with Crippen molar-refractivity contribution in [1.29, 1.82) is 0 Å². The van der Waals surface area contributed by atoms with Crippen LogP contribution < -0.4 is 15.4 Å². The zero-order chi connectivity index (χ0) is 18.7. The highest BCUT2D eigenvalue weighted by molar-refractivity contribution is 7.91. The molecule has 8 nitrogen and oxygen atoms in total.